The number of aryl methyl sites for hydroxylation is 1. The third-order valence-electron chi connectivity index (χ3n) is 7.19. The summed E-state index contributed by atoms with van der Waals surface area (Å²) in [5, 5.41) is 9.25. The van der Waals surface area contributed by atoms with Crippen molar-refractivity contribution in [2.75, 3.05) is 39.5 Å². The summed E-state index contributed by atoms with van der Waals surface area (Å²) in [6, 6.07) is 11.9. The van der Waals surface area contributed by atoms with Crippen molar-refractivity contribution in [3.63, 3.8) is 0 Å². The maximum Gasteiger partial charge on any atom is 0.266 e. The number of nitrogens with one attached hydrogen (secondary N) is 1. The van der Waals surface area contributed by atoms with E-state index in [4.69, 9.17) is 15.2 Å². The summed E-state index contributed by atoms with van der Waals surface area (Å²) in [6.07, 6.45) is 1.33. The van der Waals surface area contributed by atoms with E-state index >= 15 is 0 Å². The molecule has 196 valence electrons. The van der Waals surface area contributed by atoms with E-state index in [0.29, 0.717) is 45.0 Å². The van der Waals surface area contributed by atoms with Crippen LogP contribution in [0.25, 0.3) is 11.3 Å². The number of piperidine rings is 1. The van der Waals surface area contributed by atoms with E-state index in [0.717, 1.165) is 22.4 Å². The molecule has 2 aromatic rings. The highest BCUT2D eigenvalue weighted by molar-refractivity contribution is 7.91. The molecule has 0 atom stereocenters. The van der Waals surface area contributed by atoms with Crippen LogP contribution in [0.5, 0.6) is 5.88 Å². The Morgan fingerprint density at radius 2 is 1.97 bits per heavy atom. The Hall–Kier alpha value is -2.57. The lowest BCUT2D eigenvalue weighted by Gasteiger charge is -2.40. The van der Waals surface area contributed by atoms with Crippen molar-refractivity contribution in [2.45, 2.75) is 43.3 Å². The quantitative estimate of drug-likeness (QED) is 0.355. The molecule has 0 spiro atoms. The van der Waals surface area contributed by atoms with Crippen LogP contribution in [0.1, 0.15) is 42.7 Å². The molecule has 4 N–H and O–H groups in total. The largest absolute Gasteiger partial charge is 0.476 e. The maximum absolute atomic E-state index is 13.5. The van der Waals surface area contributed by atoms with Crippen molar-refractivity contribution >= 4 is 15.9 Å². The number of nitrogens with zero attached hydrogens (tertiary/aromatic N) is 2. The van der Waals surface area contributed by atoms with Gasteiger partial charge in [-0.2, -0.15) is 0 Å². The second kappa shape index (κ2) is 11.2. The highest BCUT2D eigenvalue weighted by Gasteiger charge is 2.54. The fraction of sp³-hybridized carbons (Fsp3) is 0.520. The molecular formula is C25H34N4O6S. The van der Waals surface area contributed by atoms with Crippen molar-refractivity contribution < 1.29 is 27.9 Å². The highest BCUT2D eigenvalue weighted by Crippen LogP contribution is 2.37. The number of ether oxygens (including phenoxy) is 2. The molecule has 0 bridgehead atoms. The summed E-state index contributed by atoms with van der Waals surface area (Å²) in [5.41, 5.74) is 11.1. The minimum absolute atomic E-state index is 0.0226. The van der Waals surface area contributed by atoms with Crippen LogP contribution in [0.2, 0.25) is 0 Å². The monoisotopic (exact) mass is 518 g/mol. The number of hydrogen-bond acceptors (Lipinski definition) is 8. The van der Waals surface area contributed by atoms with E-state index in [1.807, 2.05) is 25.1 Å². The molecule has 1 aromatic heterocycles. The zero-order chi connectivity index (χ0) is 25.8. The maximum atomic E-state index is 13.5. The number of carbonyl (C=O) groups is 1. The molecule has 0 saturated carbocycles. The molecule has 4 rings (SSSR count). The molecule has 2 fully saturated rings. The van der Waals surface area contributed by atoms with Gasteiger partial charge < -0.3 is 15.2 Å². The van der Waals surface area contributed by atoms with Gasteiger partial charge in [-0.3, -0.25) is 10.0 Å². The number of sulfonamides is 1. The van der Waals surface area contributed by atoms with Crippen LogP contribution in [0, 0.1) is 6.92 Å². The van der Waals surface area contributed by atoms with Crippen molar-refractivity contribution in [1.82, 2.24) is 14.8 Å². The van der Waals surface area contributed by atoms with Gasteiger partial charge in [-0.05, 0) is 42.9 Å². The van der Waals surface area contributed by atoms with E-state index < -0.39 is 20.7 Å². The number of benzene rings is 1. The van der Waals surface area contributed by atoms with Gasteiger partial charge in [-0.25, -0.2) is 23.2 Å². The topological polar surface area (TPSA) is 144 Å². The Balaban J connectivity index is 1.47. The van der Waals surface area contributed by atoms with Gasteiger partial charge in [-0.1, -0.05) is 24.3 Å². The van der Waals surface area contributed by atoms with Gasteiger partial charge in [-0.15, -0.1) is 0 Å². The first-order valence-electron chi connectivity index (χ1n) is 12.3. The zero-order valence-electron chi connectivity index (χ0n) is 20.5. The summed E-state index contributed by atoms with van der Waals surface area (Å²) >= 11 is 0. The van der Waals surface area contributed by atoms with Crippen LogP contribution in [-0.4, -0.2) is 73.0 Å². The lowest BCUT2D eigenvalue weighted by atomic mass is 9.88. The molecule has 0 aliphatic carbocycles. The summed E-state index contributed by atoms with van der Waals surface area (Å²) in [7, 11) is -3.97. The Bertz CT molecular complexity index is 1170. The number of rotatable bonds is 8. The number of aromatic nitrogens is 1. The fourth-order valence-corrected chi connectivity index (χ4v) is 7.27. The lowest BCUT2D eigenvalue weighted by molar-refractivity contribution is -0.134. The first kappa shape index (κ1) is 26.5. The lowest BCUT2D eigenvalue weighted by Crippen LogP contribution is -2.60. The number of amides is 1. The van der Waals surface area contributed by atoms with Gasteiger partial charge in [0.2, 0.25) is 15.9 Å². The third kappa shape index (κ3) is 5.12. The summed E-state index contributed by atoms with van der Waals surface area (Å²) in [6.45, 7) is 3.81. The predicted octanol–water partition coefficient (Wildman–Crippen LogP) is 1.96. The molecule has 36 heavy (non-hydrogen) atoms. The van der Waals surface area contributed by atoms with E-state index in [2.05, 4.69) is 17.1 Å². The molecular weight excluding hydrogens is 484 g/mol. The minimum Gasteiger partial charge on any atom is -0.476 e. The standard InChI is InChI=1S/C25H34N4O6S/c1-18-17-20(5-6-21(18)22-3-2-4-23(27-22)35-16-11-26)19-7-12-29(13-8-19)36(32,33)25(24(30)28-31)9-14-34-15-10-25/h2-6,17,19,31H,7-16,26H2,1H3,(H,28,30). The normalized spacial score (nSPS) is 19.1. The van der Waals surface area contributed by atoms with E-state index in [9.17, 15) is 18.4 Å². The minimum atomic E-state index is -3.97. The first-order valence-corrected chi connectivity index (χ1v) is 13.7. The third-order valence-corrected chi connectivity index (χ3v) is 9.82. The molecule has 11 heteroatoms. The van der Waals surface area contributed by atoms with Crippen LogP contribution < -0.4 is 16.0 Å². The molecule has 1 aromatic carbocycles. The van der Waals surface area contributed by atoms with Gasteiger partial charge in [0.05, 0.1) is 5.69 Å². The first-order chi connectivity index (χ1) is 17.3. The van der Waals surface area contributed by atoms with Crippen molar-refractivity contribution in [1.29, 1.82) is 0 Å². The van der Waals surface area contributed by atoms with Crippen LogP contribution in [0.4, 0.5) is 0 Å². The zero-order valence-corrected chi connectivity index (χ0v) is 21.3. The Morgan fingerprint density at radius 3 is 2.61 bits per heavy atom. The molecule has 2 saturated heterocycles. The Kier molecular flexibility index (Phi) is 8.26. The molecule has 2 aliphatic rings. The van der Waals surface area contributed by atoms with Crippen LogP contribution in [0.3, 0.4) is 0 Å². The Morgan fingerprint density at radius 1 is 1.25 bits per heavy atom. The SMILES string of the molecule is Cc1cc(C2CCN(S(=O)(=O)C3(C(=O)NO)CCOCC3)CC2)ccc1-c1cccc(OCCN)n1. The molecule has 2 aliphatic heterocycles. The molecule has 3 heterocycles. The molecule has 1 amide bonds. The average Bonchev–Trinajstić information content (AvgIpc) is 2.91. The summed E-state index contributed by atoms with van der Waals surface area (Å²) in [4.78, 5) is 17.1. The van der Waals surface area contributed by atoms with Crippen molar-refractivity contribution in [3.8, 4) is 17.1 Å². The van der Waals surface area contributed by atoms with Crippen LogP contribution in [-0.2, 0) is 19.6 Å². The fourth-order valence-electron chi connectivity index (χ4n) is 5.12. The van der Waals surface area contributed by atoms with Crippen LogP contribution in [0.15, 0.2) is 36.4 Å². The van der Waals surface area contributed by atoms with Gasteiger partial charge in [0.1, 0.15) is 6.61 Å². The van der Waals surface area contributed by atoms with Gasteiger partial charge in [0, 0.05) is 57.3 Å². The van der Waals surface area contributed by atoms with E-state index in [-0.39, 0.29) is 32.0 Å². The molecule has 0 unspecified atom stereocenters. The van der Waals surface area contributed by atoms with Gasteiger partial charge >= 0.3 is 0 Å². The van der Waals surface area contributed by atoms with E-state index in [1.165, 1.54) is 4.31 Å². The second-order valence-electron chi connectivity index (χ2n) is 9.30. The van der Waals surface area contributed by atoms with Crippen molar-refractivity contribution in [2.24, 2.45) is 5.73 Å². The number of hydroxylamine groups is 1. The number of hydrogen-bond donors (Lipinski definition) is 3. The van der Waals surface area contributed by atoms with Gasteiger partial charge in [0.25, 0.3) is 5.91 Å². The highest BCUT2D eigenvalue weighted by atomic mass is 32.2. The summed E-state index contributed by atoms with van der Waals surface area (Å²) in [5.74, 6) is -0.147. The smallest absolute Gasteiger partial charge is 0.266 e. The van der Waals surface area contributed by atoms with E-state index in [1.54, 1.807) is 11.5 Å². The number of carbonyl (C=O) groups excluding carboxylic acids is 1. The Labute approximate surface area is 211 Å². The van der Waals surface area contributed by atoms with Gasteiger partial charge in [0.15, 0.2) is 4.75 Å². The van der Waals surface area contributed by atoms with Crippen molar-refractivity contribution in [3.05, 3.63) is 47.5 Å². The second-order valence-corrected chi connectivity index (χ2v) is 11.5. The summed E-state index contributed by atoms with van der Waals surface area (Å²) < 4.78 is 37.6. The van der Waals surface area contributed by atoms with Crippen LogP contribution >= 0.6 is 0 Å². The predicted molar refractivity (Wildman–Crippen MR) is 134 cm³/mol. The number of pyridine rings is 1. The molecule has 0 radical (unpaired) electrons. The molecule has 10 nitrogen and oxygen atoms in total. The average molecular weight is 519 g/mol. The number of nitrogens with two attached hydrogens (primary N) is 1.